The summed E-state index contributed by atoms with van der Waals surface area (Å²) in [5, 5.41) is 0.797. The molecule has 0 aromatic carbocycles. The highest BCUT2D eigenvalue weighted by Gasteiger charge is 2.13. The molecule has 0 heterocycles. The molecule has 2 nitrogen and oxygen atoms in total. The SMILES string of the molecule is C=CC(=O)OCCSC1CCCCC1. The van der Waals surface area contributed by atoms with Crippen molar-refractivity contribution in [2.45, 2.75) is 37.4 Å². The molecule has 0 radical (unpaired) electrons. The Hall–Kier alpha value is -0.440. The lowest BCUT2D eigenvalue weighted by molar-refractivity contribution is -0.137. The number of esters is 1. The maximum Gasteiger partial charge on any atom is 0.330 e. The molecular formula is C11H18O2S. The second-order valence-electron chi connectivity index (χ2n) is 3.50. The maximum atomic E-state index is 10.7. The van der Waals surface area contributed by atoms with Crippen LogP contribution in [-0.2, 0) is 9.53 Å². The van der Waals surface area contributed by atoms with Crippen molar-refractivity contribution in [3.8, 4) is 0 Å². The third-order valence-corrected chi connectivity index (χ3v) is 3.75. The molecular weight excluding hydrogens is 196 g/mol. The number of hydrogen-bond acceptors (Lipinski definition) is 3. The lowest BCUT2D eigenvalue weighted by atomic mass is 10.0. The average molecular weight is 214 g/mol. The van der Waals surface area contributed by atoms with Crippen LogP contribution in [-0.4, -0.2) is 23.6 Å². The van der Waals surface area contributed by atoms with Crippen LogP contribution in [0.15, 0.2) is 12.7 Å². The fourth-order valence-electron chi connectivity index (χ4n) is 1.65. The van der Waals surface area contributed by atoms with Crippen molar-refractivity contribution in [1.82, 2.24) is 0 Å². The Kier molecular flexibility index (Phi) is 5.76. The largest absolute Gasteiger partial charge is 0.462 e. The van der Waals surface area contributed by atoms with Crippen LogP contribution in [0.3, 0.4) is 0 Å². The van der Waals surface area contributed by atoms with Gasteiger partial charge in [0, 0.05) is 17.1 Å². The van der Waals surface area contributed by atoms with Gasteiger partial charge in [0.25, 0.3) is 0 Å². The summed E-state index contributed by atoms with van der Waals surface area (Å²) in [5.74, 6) is 0.610. The quantitative estimate of drug-likeness (QED) is 0.400. The summed E-state index contributed by atoms with van der Waals surface area (Å²) >= 11 is 1.94. The van der Waals surface area contributed by atoms with Crippen molar-refractivity contribution >= 4 is 17.7 Å². The summed E-state index contributed by atoms with van der Waals surface area (Å²) in [5.41, 5.74) is 0. The van der Waals surface area contributed by atoms with Crippen LogP contribution < -0.4 is 0 Å². The number of carbonyl (C=O) groups excluding carboxylic acids is 1. The van der Waals surface area contributed by atoms with Gasteiger partial charge in [0.2, 0.25) is 0 Å². The molecule has 0 unspecified atom stereocenters. The fraction of sp³-hybridized carbons (Fsp3) is 0.727. The first-order chi connectivity index (χ1) is 6.83. The lowest BCUT2D eigenvalue weighted by Gasteiger charge is -2.20. The Bertz CT molecular complexity index is 186. The van der Waals surface area contributed by atoms with Gasteiger partial charge >= 0.3 is 5.97 Å². The molecule has 0 bridgehead atoms. The molecule has 1 aliphatic rings. The highest BCUT2D eigenvalue weighted by Crippen LogP contribution is 2.27. The minimum atomic E-state index is -0.311. The molecule has 1 rings (SSSR count). The van der Waals surface area contributed by atoms with E-state index in [-0.39, 0.29) is 5.97 Å². The fourth-order valence-corrected chi connectivity index (χ4v) is 2.83. The van der Waals surface area contributed by atoms with E-state index in [1.54, 1.807) is 0 Å². The van der Waals surface area contributed by atoms with E-state index in [1.165, 1.54) is 38.2 Å². The Labute approximate surface area is 90.1 Å². The first-order valence-corrected chi connectivity index (χ1v) is 6.28. The monoisotopic (exact) mass is 214 g/mol. The van der Waals surface area contributed by atoms with E-state index in [1.807, 2.05) is 11.8 Å². The average Bonchev–Trinajstić information content (AvgIpc) is 2.25. The minimum absolute atomic E-state index is 0.311. The number of hydrogen-bond donors (Lipinski definition) is 0. The van der Waals surface area contributed by atoms with E-state index in [4.69, 9.17) is 4.74 Å². The Morgan fingerprint density at radius 2 is 2.14 bits per heavy atom. The van der Waals surface area contributed by atoms with E-state index >= 15 is 0 Å². The van der Waals surface area contributed by atoms with Gasteiger partial charge in [0.15, 0.2) is 0 Å². The number of rotatable bonds is 5. The molecule has 0 aromatic heterocycles. The molecule has 0 spiro atoms. The third-order valence-electron chi connectivity index (χ3n) is 2.40. The van der Waals surface area contributed by atoms with Crippen LogP contribution in [0.2, 0.25) is 0 Å². The minimum Gasteiger partial charge on any atom is -0.462 e. The third kappa shape index (κ3) is 4.70. The van der Waals surface area contributed by atoms with Gasteiger partial charge in [-0.2, -0.15) is 11.8 Å². The van der Waals surface area contributed by atoms with Crippen molar-refractivity contribution in [3.05, 3.63) is 12.7 Å². The first kappa shape index (κ1) is 11.6. The summed E-state index contributed by atoms with van der Waals surface area (Å²) in [4.78, 5) is 10.7. The molecule has 0 amide bonds. The van der Waals surface area contributed by atoms with Crippen molar-refractivity contribution < 1.29 is 9.53 Å². The Morgan fingerprint density at radius 1 is 1.43 bits per heavy atom. The number of carbonyl (C=O) groups is 1. The van der Waals surface area contributed by atoms with Crippen LogP contribution in [0, 0.1) is 0 Å². The zero-order valence-electron chi connectivity index (χ0n) is 8.54. The summed E-state index contributed by atoms with van der Waals surface area (Å²) in [6.45, 7) is 3.87. The molecule has 14 heavy (non-hydrogen) atoms. The first-order valence-electron chi connectivity index (χ1n) is 5.23. The van der Waals surface area contributed by atoms with Gasteiger partial charge in [-0.3, -0.25) is 0 Å². The number of thioether (sulfide) groups is 1. The van der Waals surface area contributed by atoms with Gasteiger partial charge in [0.1, 0.15) is 6.61 Å². The van der Waals surface area contributed by atoms with Gasteiger partial charge in [0.05, 0.1) is 0 Å². The maximum absolute atomic E-state index is 10.7. The van der Waals surface area contributed by atoms with Gasteiger partial charge in [-0.05, 0) is 12.8 Å². The predicted octanol–water partition coefficient (Wildman–Crippen LogP) is 2.78. The van der Waals surface area contributed by atoms with E-state index in [9.17, 15) is 4.79 Å². The van der Waals surface area contributed by atoms with E-state index in [2.05, 4.69) is 6.58 Å². The summed E-state index contributed by atoms with van der Waals surface area (Å²) < 4.78 is 4.90. The Morgan fingerprint density at radius 3 is 2.79 bits per heavy atom. The van der Waals surface area contributed by atoms with Crippen LogP contribution >= 0.6 is 11.8 Å². The highest BCUT2D eigenvalue weighted by molar-refractivity contribution is 7.99. The second kappa shape index (κ2) is 6.93. The normalized spacial score (nSPS) is 17.7. The molecule has 0 N–H and O–H groups in total. The molecule has 1 aliphatic carbocycles. The van der Waals surface area contributed by atoms with Gasteiger partial charge in [-0.15, -0.1) is 0 Å². The van der Waals surface area contributed by atoms with Gasteiger partial charge in [-0.25, -0.2) is 4.79 Å². The summed E-state index contributed by atoms with van der Waals surface area (Å²) in [6, 6.07) is 0. The lowest BCUT2D eigenvalue weighted by Crippen LogP contribution is -2.11. The van der Waals surface area contributed by atoms with E-state index < -0.39 is 0 Å². The smallest absolute Gasteiger partial charge is 0.330 e. The van der Waals surface area contributed by atoms with Crippen molar-refractivity contribution in [2.24, 2.45) is 0 Å². The van der Waals surface area contributed by atoms with Gasteiger partial charge < -0.3 is 4.74 Å². The zero-order valence-corrected chi connectivity index (χ0v) is 9.35. The van der Waals surface area contributed by atoms with E-state index in [0.29, 0.717) is 6.61 Å². The zero-order chi connectivity index (χ0) is 10.2. The molecule has 1 fully saturated rings. The van der Waals surface area contributed by atoms with E-state index in [0.717, 1.165) is 11.0 Å². The molecule has 0 aliphatic heterocycles. The van der Waals surface area contributed by atoms with Crippen molar-refractivity contribution in [3.63, 3.8) is 0 Å². The second-order valence-corrected chi connectivity index (χ2v) is 4.91. The molecule has 0 saturated heterocycles. The molecule has 3 heteroatoms. The molecule has 0 atom stereocenters. The van der Waals surface area contributed by atoms with Crippen molar-refractivity contribution in [1.29, 1.82) is 0 Å². The molecule has 0 aromatic rings. The van der Waals surface area contributed by atoms with Gasteiger partial charge in [-0.1, -0.05) is 25.8 Å². The Balaban J connectivity index is 1.97. The standard InChI is InChI=1S/C11H18O2S/c1-2-11(12)13-8-9-14-10-6-4-3-5-7-10/h2,10H,1,3-9H2. The topological polar surface area (TPSA) is 26.3 Å². The van der Waals surface area contributed by atoms with Crippen LogP contribution in [0.25, 0.3) is 0 Å². The summed E-state index contributed by atoms with van der Waals surface area (Å²) in [6.07, 6.45) is 8.00. The predicted molar refractivity (Wildman–Crippen MR) is 60.5 cm³/mol. The van der Waals surface area contributed by atoms with Crippen LogP contribution in [0.5, 0.6) is 0 Å². The summed E-state index contributed by atoms with van der Waals surface area (Å²) in [7, 11) is 0. The van der Waals surface area contributed by atoms with Crippen LogP contribution in [0.4, 0.5) is 0 Å². The van der Waals surface area contributed by atoms with Crippen molar-refractivity contribution in [2.75, 3.05) is 12.4 Å². The number of ether oxygens (including phenoxy) is 1. The molecule has 80 valence electrons. The highest BCUT2D eigenvalue weighted by atomic mass is 32.2. The van der Waals surface area contributed by atoms with Crippen LogP contribution in [0.1, 0.15) is 32.1 Å². The molecule has 1 saturated carbocycles.